The minimum atomic E-state index is -4.03. The Balaban J connectivity index is 1.90. The highest BCUT2D eigenvalue weighted by molar-refractivity contribution is 8.01. The lowest BCUT2D eigenvalue weighted by molar-refractivity contribution is -0.114. The normalized spacial score (nSPS) is 11.2. The van der Waals surface area contributed by atoms with Gasteiger partial charge in [-0.3, -0.25) is 14.4 Å². The highest BCUT2D eigenvalue weighted by atomic mass is 32.2. The van der Waals surface area contributed by atoms with Gasteiger partial charge in [-0.25, -0.2) is 8.42 Å². The number of nitrogens with zero attached hydrogens (tertiary/aromatic N) is 3. The molecule has 0 radical (unpaired) electrons. The molecule has 8 nitrogen and oxygen atoms in total. The van der Waals surface area contributed by atoms with Gasteiger partial charge in [-0.15, -0.1) is 10.2 Å². The summed E-state index contributed by atoms with van der Waals surface area (Å²) in [7, 11) is -4.03. The number of aromatic nitrogens is 2. The molecule has 3 rings (SSSR count). The molecule has 170 valence electrons. The first-order valence-corrected chi connectivity index (χ1v) is 13.3. The maximum Gasteiger partial charge on any atom is 0.264 e. The molecule has 0 saturated heterocycles. The van der Waals surface area contributed by atoms with Crippen LogP contribution in [0.1, 0.15) is 20.3 Å². The molecule has 0 saturated carbocycles. The Hall–Kier alpha value is -2.63. The molecule has 2 aromatic carbocycles. The van der Waals surface area contributed by atoms with Crippen LogP contribution < -0.4 is 14.4 Å². The summed E-state index contributed by atoms with van der Waals surface area (Å²) in [5, 5.41) is 11.0. The third kappa shape index (κ3) is 5.99. The van der Waals surface area contributed by atoms with E-state index in [1.165, 1.54) is 23.5 Å². The third-order valence-electron chi connectivity index (χ3n) is 4.13. The first-order chi connectivity index (χ1) is 15.5. The van der Waals surface area contributed by atoms with Crippen molar-refractivity contribution in [1.82, 2.24) is 10.2 Å². The lowest BCUT2D eigenvalue weighted by atomic mass is 10.3. The largest absolute Gasteiger partial charge is 0.492 e. The van der Waals surface area contributed by atoms with Crippen LogP contribution in [-0.4, -0.2) is 43.4 Å². The molecule has 1 heterocycles. The number of carbonyl (C=O) groups excluding carboxylic acids is 1. The van der Waals surface area contributed by atoms with Crippen LogP contribution in [0.3, 0.4) is 0 Å². The van der Waals surface area contributed by atoms with Crippen molar-refractivity contribution in [2.45, 2.75) is 29.5 Å². The summed E-state index contributed by atoms with van der Waals surface area (Å²) in [5.41, 5.74) is 0.282. The number of carbonyl (C=O) groups is 1. The van der Waals surface area contributed by atoms with E-state index in [-0.39, 0.29) is 10.6 Å². The second kappa shape index (κ2) is 11.3. The zero-order chi connectivity index (χ0) is 23.0. The van der Waals surface area contributed by atoms with E-state index in [4.69, 9.17) is 4.74 Å². The topological polar surface area (TPSA) is 101 Å². The molecule has 0 fully saturated rings. The van der Waals surface area contributed by atoms with Crippen molar-refractivity contribution in [3.8, 4) is 5.75 Å². The predicted octanol–water partition coefficient (Wildman–Crippen LogP) is 4.27. The SMILES string of the molecule is CCCSc1nnc(NC(=O)CN(c2ccccc2OCC)S(=O)(=O)c2ccccc2)s1. The molecule has 0 aliphatic rings. The molecular formula is C21H24N4O4S3. The van der Waals surface area contributed by atoms with Crippen molar-refractivity contribution in [3.05, 3.63) is 54.6 Å². The fourth-order valence-corrected chi connectivity index (χ4v) is 5.90. The maximum atomic E-state index is 13.5. The van der Waals surface area contributed by atoms with Gasteiger partial charge in [-0.05, 0) is 37.6 Å². The lowest BCUT2D eigenvalue weighted by Crippen LogP contribution is -2.38. The van der Waals surface area contributed by atoms with Crippen LogP contribution in [0.25, 0.3) is 0 Å². The van der Waals surface area contributed by atoms with Crippen LogP contribution in [0.4, 0.5) is 10.8 Å². The van der Waals surface area contributed by atoms with E-state index in [0.717, 1.165) is 20.8 Å². The molecule has 0 atom stereocenters. The minimum absolute atomic E-state index is 0.0771. The number of thioether (sulfide) groups is 1. The molecule has 1 aromatic heterocycles. The number of ether oxygens (including phenoxy) is 1. The molecule has 1 amide bonds. The van der Waals surface area contributed by atoms with Gasteiger partial charge in [0, 0.05) is 5.75 Å². The van der Waals surface area contributed by atoms with E-state index >= 15 is 0 Å². The van der Waals surface area contributed by atoms with Crippen molar-refractivity contribution in [2.24, 2.45) is 0 Å². The number of hydrogen-bond acceptors (Lipinski definition) is 8. The Labute approximate surface area is 196 Å². The van der Waals surface area contributed by atoms with Gasteiger partial charge in [0.05, 0.1) is 17.2 Å². The number of nitrogens with one attached hydrogen (secondary N) is 1. The number of rotatable bonds is 11. The lowest BCUT2D eigenvalue weighted by Gasteiger charge is -2.25. The van der Waals surface area contributed by atoms with E-state index < -0.39 is 22.5 Å². The zero-order valence-corrected chi connectivity index (χ0v) is 20.2. The third-order valence-corrected chi connectivity index (χ3v) is 8.09. The van der Waals surface area contributed by atoms with Crippen molar-refractivity contribution >= 4 is 49.8 Å². The summed E-state index contributed by atoms with van der Waals surface area (Å²) >= 11 is 2.81. The second-order valence-electron chi connectivity index (χ2n) is 6.50. The molecule has 3 aromatic rings. The summed E-state index contributed by atoms with van der Waals surface area (Å²) in [6.07, 6.45) is 0.998. The standard InChI is InChI=1S/C21H24N4O4S3/c1-3-14-30-21-24-23-20(31-21)22-19(26)15-25(17-12-8-9-13-18(17)29-4-2)32(27,28)16-10-6-5-7-11-16/h5-13H,3-4,14-15H2,1-2H3,(H,22,23,26). The van der Waals surface area contributed by atoms with Gasteiger partial charge in [-0.1, -0.05) is 60.4 Å². The quantitative estimate of drug-likeness (QED) is 0.315. The predicted molar refractivity (Wildman–Crippen MR) is 128 cm³/mol. The second-order valence-corrected chi connectivity index (χ2v) is 10.7. The number of sulfonamides is 1. The van der Waals surface area contributed by atoms with Crippen LogP contribution in [0.15, 0.2) is 63.8 Å². The fourth-order valence-electron chi connectivity index (χ4n) is 2.76. The molecule has 1 N–H and O–H groups in total. The van der Waals surface area contributed by atoms with Crippen LogP contribution in [0, 0.1) is 0 Å². The zero-order valence-electron chi connectivity index (χ0n) is 17.7. The van der Waals surface area contributed by atoms with Crippen molar-refractivity contribution in [2.75, 3.05) is 28.5 Å². The number of amides is 1. The first kappa shape index (κ1) is 24.0. The van der Waals surface area contributed by atoms with Crippen LogP contribution >= 0.6 is 23.1 Å². The van der Waals surface area contributed by atoms with Gasteiger partial charge in [-0.2, -0.15) is 0 Å². The van der Waals surface area contributed by atoms with E-state index in [9.17, 15) is 13.2 Å². The Morgan fingerprint density at radius 1 is 1.09 bits per heavy atom. The van der Waals surface area contributed by atoms with Gasteiger partial charge < -0.3 is 4.74 Å². The molecule has 0 unspecified atom stereocenters. The van der Waals surface area contributed by atoms with Gasteiger partial charge in [0.1, 0.15) is 12.3 Å². The van der Waals surface area contributed by atoms with Crippen molar-refractivity contribution in [1.29, 1.82) is 0 Å². The molecule has 0 aliphatic heterocycles. The van der Waals surface area contributed by atoms with E-state index in [0.29, 0.717) is 17.5 Å². The van der Waals surface area contributed by atoms with Gasteiger partial charge in [0.25, 0.3) is 10.0 Å². The average molecular weight is 493 g/mol. The Bertz CT molecular complexity index is 1140. The number of benzene rings is 2. The Morgan fingerprint density at radius 3 is 2.53 bits per heavy atom. The van der Waals surface area contributed by atoms with Gasteiger partial charge >= 0.3 is 0 Å². The van der Waals surface area contributed by atoms with Crippen LogP contribution in [0.2, 0.25) is 0 Å². The summed E-state index contributed by atoms with van der Waals surface area (Å²) in [6.45, 7) is 3.78. The smallest absolute Gasteiger partial charge is 0.264 e. The van der Waals surface area contributed by atoms with Crippen molar-refractivity contribution in [3.63, 3.8) is 0 Å². The van der Waals surface area contributed by atoms with E-state index in [1.807, 2.05) is 6.92 Å². The highest BCUT2D eigenvalue weighted by Crippen LogP contribution is 2.32. The number of para-hydroxylation sites is 2. The Kier molecular flexibility index (Phi) is 8.48. The molecule has 0 spiro atoms. The monoisotopic (exact) mass is 492 g/mol. The summed E-state index contributed by atoms with van der Waals surface area (Å²) in [4.78, 5) is 12.9. The number of hydrogen-bond donors (Lipinski definition) is 1. The van der Waals surface area contributed by atoms with E-state index in [1.54, 1.807) is 54.2 Å². The van der Waals surface area contributed by atoms with Crippen LogP contribution in [-0.2, 0) is 14.8 Å². The highest BCUT2D eigenvalue weighted by Gasteiger charge is 2.29. The maximum absolute atomic E-state index is 13.5. The van der Waals surface area contributed by atoms with Gasteiger partial charge in [0.15, 0.2) is 4.34 Å². The summed E-state index contributed by atoms with van der Waals surface area (Å²) in [6, 6.07) is 14.7. The minimum Gasteiger partial charge on any atom is -0.492 e. The molecule has 32 heavy (non-hydrogen) atoms. The average Bonchev–Trinajstić information content (AvgIpc) is 3.24. The molecular weight excluding hydrogens is 468 g/mol. The van der Waals surface area contributed by atoms with Gasteiger partial charge in [0.2, 0.25) is 11.0 Å². The molecule has 0 aliphatic carbocycles. The molecule has 0 bridgehead atoms. The summed E-state index contributed by atoms with van der Waals surface area (Å²) in [5.74, 6) is 0.746. The molecule has 11 heteroatoms. The fraction of sp³-hybridized carbons (Fsp3) is 0.286. The van der Waals surface area contributed by atoms with Crippen molar-refractivity contribution < 1.29 is 17.9 Å². The van der Waals surface area contributed by atoms with E-state index in [2.05, 4.69) is 22.4 Å². The summed E-state index contributed by atoms with van der Waals surface area (Å²) < 4.78 is 34.4. The number of anilines is 2. The van der Waals surface area contributed by atoms with Crippen LogP contribution in [0.5, 0.6) is 5.75 Å². The first-order valence-electron chi connectivity index (χ1n) is 10.0. The Morgan fingerprint density at radius 2 is 1.81 bits per heavy atom.